The minimum atomic E-state index is -0.192. The van der Waals surface area contributed by atoms with Crippen LogP contribution in [-0.2, 0) is 10.2 Å². The van der Waals surface area contributed by atoms with Gasteiger partial charge in [0.25, 0.3) is 0 Å². The molecule has 0 aromatic heterocycles. The topological polar surface area (TPSA) is 61.4 Å². The maximum absolute atomic E-state index is 12.2. The van der Waals surface area contributed by atoms with Gasteiger partial charge in [-0.05, 0) is 23.5 Å². The first-order chi connectivity index (χ1) is 10.3. The Morgan fingerprint density at radius 3 is 2.45 bits per heavy atom. The molecule has 0 spiro atoms. The fraction of sp³-hybridized carbons (Fsp3) is 0.529. The number of nitrogens with one attached hydrogen (secondary N) is 2. The molecule has 22 heavy (non-hydrogen) atoms. The monoisotopic (exact) mass is 303 g/mol. The summed E-state index contributed by atoms with van der Waals surface area (Å²) in [5.41, 5.74) is 2.44. The van der Waals surface area contributed by atoms with Gasteiger partial charge in [0.1, 0.15) is 6.54 Å². The third-order valence-corrected chi connectivity index (χ3v) is 3.94. The van der Waals surface area contributed by atoms with Crippen LogP contribution in [0.5, 0.6) is 0 Å². The van der Waals surface area contributed by atoms with Gasteiger partial charge in [0.05, 0.1) is 6.04 Å². The molecule has 1 aliphatic rings. The predicted molar refractivity (Wildman–Crippen MR) is 86.7 cm³/mol. The Labute approximate surface area is 132 Å². The van der Waals surface area contributed by atoms with Gasteiger partial charge < -0.3 is 15.5 Å². The molecule has 2 rings (SSSR count). The number of carbonyl (C=O) groups excluding carboxylic acids is 2. The van der Waals surface area contributed by atoms with E-state index in [1.165, 1.54) is 5.56 Å². The summed E-state index contributed by atoms with van der Waals surface area (Å²) in [4.78, 5) is 25.1. The normalized spacial score (nSPS) is 16.9. The second-order valence-corrected chi connectivity index (χ2v) is 6.81. The van der Waals surface area contributed by atoms with Crippen LogP contribution in [0.15, 0.2) is 24.3 Å². The van der Waals surface area contributed by atoms with Crippen LogP contribution in [0.4, 0.5) is 4.79 Å². The Balaban J connectivity index is 1.98. The molecule has 0 saturated carbocycles. The molecule has 5 nitrogen and oxygen atoms in total. The van der Waals surface area contributed by atoms with Crippen LogP contribution in [-0.4, -0.2) is 36.5 Å². The van der Waals surface area contributed by atoms with E-state index in [1.54, 1.807) is 4.90 Å². The lowest BCUT2D eigenvalue weighted by Crippen LogP contribution is -2.53. The Kier molecular flexibility index (Phi) is 4.74. The van der Waals surface area contributed by atoms with E-state index in [4.69, 9.17) is 0 Å². The molecule has 1 saturated heterocycles. The number of benzene rings is 1. The fourth-order valence-electron chi connectivity index (χ4n) is 2.44. The zero-order valence-corrected chi connectivity index (χ0v) is 13.8. The maximum Gasteiger partial charge on any atom is 0.318 e. The molecular weight excluding hydrogens is 278 g/mol. The van der Waals surface area contributed by atoms with Crippen LogP contribution < -0.4 is 10.6 Å². The van der Waals surface area contributed by atoms with Gasteiger partial charge in [-0.25, -0.2) is 4.79 Å². The summed E-state index contributed by atoms with van der Waals surface area (Å²) in [7, 11) is 0. The van der Waals surface area contributed by atoms with Crippen molar-refractivity contribution >= 4 is 11.9 Å². The van der Waals surface area contributed by atoms with Gasteiger partial charge in [-0.1, -0.05) is 45.0 Å². The van der Waals surface area contributed by atoms with E-state index in [2.05, 4.69) is 55.7 Å². The molecule has 3 amide bonds. The summed E-state index contributed by atoms with van der Waals surface area (Å²) in [5.74, 6) is -0.108. The van der Waals surface area contributed by atoms with E-state index in [-0.39, 0.29) is 29.9 Å². The first kappa shape index (κ1) is 16.3. The average Bonchev–Trinajstić information content (AvgIpc) is 2.46. The van der Waals surface area contributed by atoms with Gasteiger partial charge >= 0.3 is 6.03 Å². The van der Waals surface area contributed by atoms with Crippen molar-refractivity contribution in [1.82, 2.24) is 15.5 Å². The van der Waals surface area contributed by atoms with Crippen LogP contribution in [0, 0.1) is 0 Å². The Morgan fingerprint density at radius 2 is 1.91 bits per heavy atom. The SMILES string of the molecule is CC(NC(=O)N1CCNC(=O)C1)c1ccc(C(C)(C)C)cc1. The molecule has 5 heteroatoms. The molecule has 120 valence electrons. The van der Waals surface area contributed by atoms with Gasteiger partial charge in [0.2, 0.25) is 5.91 Å². The van der Waals surface area contributed by atoms with E-state index in [0.29, 0.717) is 13.1 Å². The predicted octanol–water partition coefficient (Wildman–Crippen LogP) is 2.19. The van der Waals surface area contributed by atoms with Crippen molar-refractivity contribution in [2.24, 2.45) is 0 Å². The Bertz CT molecular complexity index is 546. The second kappa shape index (κ2) is 6.38. The third kappa shape index (κ3) is 4.00. The number of nitrogens with zero attached hydrogens (tertiary/aromatic N) is 1. The van der Waals surface area contributed by atoms with E-state index in [0.717, 1.165) is 5.56 Å². The maximum atomic E-state index is 12.2. The van der Waals surface area contributed by atoms with Crippen molar-refractivity contribution in [3.63, 3.8) is 0 Å². The zero-order chi connectivity index (χ0) is 16.3. The van der Waals surface area contributed by atoms with Gasteiger partial charge in [-0.15, -0.1) is 0 Å². The minimum Gasteiger partial charge on any atom is -0.353 e. The summed E-state index contributed by atoms with van der Waals surface area (Å²) in [6.45, 7) is 9.67. The van der Waals surface area contributed by atoms with Crippen LogP contribution >= 0.6 is 0 Å². The summed E-state index contributed by atoms with van der Waals surface area (Å²) >= 11 is 0. The smallest absolute Gasteiger partial charge is 0.318 e. The van der Waals surface area contributed by atoms with Crippen LogP contribution in [0.25, 0.3) is 0 Å². The standard InChI is InChI=1S/C17H25N3O2/c1-12(13-5-7-14(8-6-13)17(2,3)4)19-16(22)20-10-9-18-15(21)11-20/h5-8,12H,9-11H2,1-4H3,(H,18,21)(H,19,22). The number of amides is 3. The number of hydrogen-bond acceptors (Lipinski definition) is 2. The molecule has 1 fully saturated rings. The molecule has 1 heterocycles. The number of rotatable bonds is 2. The Hall–Kier alpha value is -2.04. The Morgan fingerprint density at radius 1 is 1.27 bits per heavy atom. The molecule has 0 radical (unpaired) electrons. The number of hydrogen-bond donors (Lipinski definition) is 2. The molecule has 0 bridgehead atoms. The van der Waals surface area contributed by atoms with E-state index < -0.39 is 0 Å². The van der Waals surface area contributed by atoms with Gasteiger partial charge in [0.15, 0.2) is 0 Å². The third-order valence-electron chi connectivity index (χ3n) is 3.94. The van der Waals surface area contributed by atoms with E-state index >= 15 is 0 Å². The summed E-state index contributed by atoms with van der Waals surface area (Å²) in [5, 5.41) is 5.66. The number of piperazine rings is 1. The highest BCUT2D eigenvalue weighted by Gasteiger charge is 2.22. The van der Waals surface area contributed by atoms with Crippen molar-refractivity contribution in [1.29, 1.82) is 0 Å². The molecular formula is C17H25N3O2. The first-order valence-electron chi connectivity index (χ1n) is 7.70. The highest BCUT2D eigenvalue weighted by atomic mass is 16.2. The lowest BCUT2D eigenvalue weighted by atomic mass is 9.86. The summed E-state index contributed by atoms with van der Waals surface area (Å²) < 4.78 is 0. The van der Waals surface area contributed by atoms with Crippen molar-refractivity contribution in [3.8, 4) is 0 Å². The second-order valence-electron chi connectivity index (χ2n) is 6.81. The zero-order valence-electron chi connectivity index (χ0n) is 13.8. The molecule has 1 aliphatic heterocycles. The van der Waals surface area contributed by atoms with Crippen molar-refractivity contribution < 1.29 is 9.59 Å². The molecule has 1 atom stereocenters. The van der Waals surface area contributed by atoms with Crippen molar-refractivity contribution in [3.05, 3.63) is 35.4 Å². The van der Waals surface area contributed by atoms with Crippen LogP contribution in [0.1, 0.15) is 44.9 Å². The van der Waals surface area contributed by atoms with Gasteiger partial charge in [-0.3, -0.25) is 4.79 Å². The van der Waals surface area contributed by atoms with Gasteiger partial charge in [0, 0.05) is 13.1 Å². The van der Waals surface area contributed by atoms with Crippen molar-refractivity contribution in [2.75, 3.05) is 19.6 Å². The highest BCUT2D eigenvalue weighted by molar-refractivity contribution is 5.85. The summed E-state index contributed by atoms with van der Waals surface area (Å²) in [6, 6.07) is 8.02. The van der Waals surface area contributed by atoms with Crippen molar-refractivity contribution in [2.45, 2.75) is 39.2 Å². The minimum absolute atomic E-state index is 0.0912. The quantitative estimate of drug-likeness (QED) is 0.880. The lowest BCUT2D eigenvalue weighted by molar-refractivity contribution is -0.123. The van der Waals surface area contributed by atoms with E-state index in [9.17, 15) is 9.59 Å². The van der Waals surface area contributed by atoms with Crippen LogP contribution in [0.3, 0.4) is 0 Å². The molecule has 0 aliphatic carbocycles. The molecule has 1 unspecified atom stereocenters. The molecule has 2 N–H and O–H groups in total. The first-order valence-corrected chi connectivity index (χ1v) is 7.70. The summed E-state index contributed by atoms with van der Waals surface area (Å²) in [6.07, 6.45) is 0. The van der Waals surface area contributed by atoms with Gasteiger partial charge in [-0.2, -0.15) is 0 Å². The van der Waals surface area contributed by atoms with Crippen LogP contribution in [0.2, 0.25) is 0 Å². The number of carbonyl (C=O) groups is 2. The molecule has 1 aromatic carbocycles. The lowest BCUT2D eigenvalue weighted by Gasteiger charge is -2.28. The fourth-order valence-corrected chi connectivity index (χ4v) is 2.44. The molecule has 1 aromatic rings. The van der Waals surface area contributed by atoms with E-state index in [1.807, 2.05) is 6.92 Å². The average molecular weight is 303 g/mol. The largest absolute Gasteiger partial charge is 0.353 e. The number of urea groups is 1. The highest BCUT2D eigenvalue weighted by Crippen LogP contribution is 2.23.